The van der Waals surface area contributed by atoms with Crippen molar-refractivity contribution < 1.29 is 18.7 Å². The number of nitrogens with zero attached hydrogens (tertiary/aromatic N) is 4. The zero-order valence-electron chi connectivity index (χ0n) is 22.2. The Hall–Kier alpha value is -4.05. The molecule has 0 radical (unpaired) electrons. The first-order chi connectivity index (χ1) is 19.4. The van der Waals surface area contributed by atoms with E-state index in [2.05, 4.69) is 15.3 Å². The minimum atomic E-state index is -0.518. The maximum Gasteiger partial charge on any atom is 0.248 e. The summed E-state index contributed by atoms with van der Waals surface area (Å²) in [5.74, 6) is 0.194. The molecule has 3 aromatic carbocycles. The van der Waals surface area contributed by atoms with Crippen LogP contribution in [-0.2, 0) is 9.53 Å². The van der Waals surface area contributed by atoms with E-state index in [4.69, 9.17) is 21.1 Å². The number of nitrogens with one attached hydrogen (secondary N) is 1. The molecule has 0 saturated carbocycles. The number of hydrogen-bond acceptors (Lipinski definition) is 7. The van der Waals surface area contributed by atoms with Crippen molar-refractivity contribution in [3.05, 3.63) is 90.0 Å². The Kier molecular flexibility index (Phi) is 8.54. The summed E-state index contributed by atoms with van der Waals surface area (Å²) in [6, 6.07) is 17.6. The average Bonchev–Trinajstić information content (AvgIpc) is 3.45. The second kappa shape index (κ2) is 12.4. The van der Waals surface area contributed by atoms with E-state index >= 15 is 0 Å². The van der Waals surface area contributed by atoms with Crippen LogP contribution in [0.4, 0.5) is 27.3 Å². The fraction of sp³-hybridized carbons (Fsp3) is 0.233. The Morgan fingerprint density at radius 1 is 1.15 bits per heavy atom. The minimum Gasteiger partial charge on any atom is -0.486 e. The molecule has 1 atom stereocenters. The van der Waals surface area contributed by atoms with E-state index in [1.165, 1.54) is 18.5 Å². The summed E-state index contributed by atoms with van der Waals surface area (Å²) in [6.07, 6.45) is 5.35. The topological polar surface area (TPSA) is 79.8 Å². The zero-order chi connectivity index (χ0) is 28.1. The van der Waals surface area contributed by atoms with Gasteiger partial charge in [-0.1, -0.05) is 35.9 Å². The SMILES string of the molecule is CN(C)C/C=C/C(=O)Nc1cc2c(N(c3ccccc3)c3ccc(F)c(Cl)c3)ncnc2cc1O[C@@H]1CCOC1. The summed E-state index contributed by atoms with van der Waals surface area (Å²) in [5.41, 5.74) is 2.47. The summed E-state index contributed by atoms with van der Waals surface area (Å²) in [6.45, 7) is 1.71. The van der Waals surface area contributed by atoms with Crippen molar-refractivity contribution in [1.82, 2.24) is 14.9 Å². The first kappa shape index (κ1) is 27.5. The van der Waals surface area contributed by atoms with Crippen molar-refractivity contribution in [2.75, 3.05) is 44.1 Å². The van der Waals surface area contributed by atoms with Gasteiger partial charge in [0.15, 0.2) is 0 Å². The van der Waals surface area contributed by atoms with Gasteiger partial charge in [0.1, 0.15) is 29.8 Å². The first-order valence-corrected chi connectivity index (χ1v) is 13.2. The highest BCUT2D eigenvalue weighted by atomic mass is 35.5. The number of hydrogen-bond donors (Lipinski definition) is 1. The molecule has 1 aliphatic rings. The molecular formula is C30H29ClFN5O3. The highest BCUT2D eigenvalue weighted by molar-refractivity contribution is 6.31. The molecule has 206 valence electrons. The van der Waals surface area contributed by atoms with Crippen molar-refractivity contribution in [3.63, 3.8) is 0 Å². The highest BCUT2D eigenvalue weighted by Crippen LogP contribution is 2.41. The lowest BCUT2D eigenvalue weighted by molar-refractivity contribution is -0.111. The van der Waals surface area contributed by atoms with Crippen molar-refractivity contribution in [1.29, 1.82) is 0 Å². The van der Waals surface area contributed by atoms with Gasteiger partial charge >= 0.3 is 0 Å². The van der Waals surface area contributed by atoms with Crippen molar-refractivity contribution in [2.24, 2.45) is 0 Å². The molecule has 1 fully saturated rings. The first-order valence-electron chi connectivity index (χ1n) is 12.8. The summed E-state index contributed by atoms with van der Waals surface area (Å²) < 4.78 is 25.8. The molecule has 1 saturated heterocycles. The Morgan fingerprint density at radius 3 is 2.70 bits per heavy atom. The summed E-state index contributed by atoms with van der Waals surface area (Å²) in [4.78, 5) is 25.8. The van der Waals surface area contributed by atoms with E-state index < -0.39 is 5.82 Å². The molecule has 0 spiro atoms. The minimum absolute atomic E-state index is 0.0104. The van der Waals surface area contributed by atoms with E-state index in [0.717, 1.165) is 12.1 Å². The Bertz CT molecular complexity index is 1530. The zero-order valence-corrected chi connectivity index (χ0v) is 22.9. The molecule has 1 N–H and O–H groups in total. The number of para-hydroxylation sites is 1. The van der Waals surface area contributed by atoms with Gasteiger partial charge < -0.3 is 19.7 Å². The number of aromatic nitrogens is 2. The number of anilines is 4. The molecule has 1 aliphatic heterocycles. The fourth-order valence-corrected chi connectivity index (χ4v) is 4.54. The van der Waals surface area contributed by atoms with Gasteiger partial charge in [-0.2, -0.15) is 0 Å². The standard InChI is InChI=1S/C30H29ClFN5O3/c1-36(2)13-6-9-29(38)35-27-16-23-26(17-28(27)40-22-12-14-39-18-22)33-19-34-30(23)37(20-7-4-3-5-8-20)21-10-11-25(32)24(31)15-21/h3-11,15-17,19,22H,12-14,18H2,1-2H3,(H,35,38)/b9-6+/t22-/m1/s1. The van der Waals surface area contributed by atoms with Crippen LogP contribution in [0.2, 0.25) is 5.02 Å². The lowest BCUT2D eigenvalue weighted by Gasteiger charge is -2.26. The third-order valence-electron chi connectivity index (χ3n) is 6.28. The summed E-state index contributed by atoms with van der Waals surface area (Å²) in [5, 5.41) is 3.59. The van der Waals surface area contributed by atoms with Crippen molar-refractivity contribution in [2.45, 2.75) is 12.5 Å². The second-order valence-electron chi connectivity index (χ2n) is 9.59. The van der Waals surface area contributed by atoms with Gasteiger partial charge in [-0.3, -0.25) is 9.69 Å². The van der Waals surface area contributed by atoms with Gasteiger partial charge in [0.25, 0.3) is 0 Å². The van der Waals surface area contributed by atoms with Gasteiger partial charge in [0.05, 0.1) is 29.4 Å². The number of fused-ring (bicyclic) bond motifs is 1. The van der Waals surface area contributed by atoms with E-state index in [0.29, 0.717) is 53.6 Å². The predicted octanol–water partition coefficient (Wildman–Crippen LogP) is 6.12. The van der Waals surface area contributed by atoms with Crippen LogP contribution in [0.5, 0.6) is 5.75 Å². The molecule has 1 amide bonds. The molecular weight excluding hydrogens is 533 g/mol. The van der Waals surface area contributed by atoms with Crippen molar-refractivity contribution >= 4 is 51.3 Å². The van der Waals surface area contributed by atoms with E-state index in [-0.39, 0.29) is 17.0 Å². The van der Waals surface area contributed by atoms with Gasteiger partial charge in [-0.25, -0.2) is 14.4 Å². The van der Waals surface area contributed by atoms with Gasteiger partial charge in [0, 0.05) is 41.9 Å². The molecule has 2 heterocycles. The Morgan fingerprint density at radius 2 is 1.98 bits per heavy atom. The maximum absolute atomic E-state index is 14.1. The van der Waals surface area contributed by atoms with Crippen LogP contribution in [0.25, 0.3) is 10.9 Å². The van der Waals surface area contributed by atoms with Gasteiger partial charge in [-0.05, 0) is 50.5 Å². The van der Waals surface area contributed by atoms with Crippen LogP contribution in [0.3, 0.4) is 0 Å². The molecule has 1 aromatic heterocycles. The van der Waals surface area contributed by atoms with E-state index in [1.54, 1.807) is 30.3 Å². The highest BCUT2D eigenvalue weighted by Gasteiger charge is 2.23. The van der Waals surface area contributed by atoms with E-state index in [1.807, 2.05) is 54.2 Å². The van der Waals surface area contributed by atoms with Crippen molar-refractivity contribution in [3.8, 4) is 5.75 Å². The van der Waals surface area contributed by atoms with Crippen LogP contribution in [-0.4, -0.2) is 60.7 Å². The second-order valence-corrected chi connectivity index (χ2v) is 10.00. The van der Waals surface area contributed by atoms with Crippen LogP contribution in [0.15, 0.2) is 79.1 Å². The number of rotatable bonds is 9. The average molecular weight is 562 g/mol. The number of benzene rings is 3. The monoisotopic (exact) mass is 561 g/mol. The summed E-state index contributed by atoms with van der Waals surface area (Å²) >= 11 is 6.18. The lowest BCUT2D eigenvalue weighted by atomic mass is 10.1. The fourth-order valence-electron chi connectivity index (χ4n) is 4.37. The Balaban J connectivity index is 1.63. The number of carbonyl (C=O) groups is 1. The molecule has 0 aliphatic carbocycles. The Labute approximate surface area is 237 Å². The number of ether oxygens (including phenoxy) is 2. The number of likely N-dealkylation sites (N-methyl/N-ethyl adjacent to an activating group) is 1. The normalized spacial score (nSPS) is 15.2. The molecule has 40 heavy (non-hydrogen) atoms. The third kappa shape index (κ3) is 6.39. The number of amides is 1. The molecule has 0 unspecified atom stereocenters. The van der Waals surface area contributed by atoms with Crippen LogP contribution >= 0.6 is 11.6 Å². The lowest BCUT2D eigenvalue weighted by Crippen LogP contribution is -2.18. The largest absolute Gasteiger partial charge is 0.486 e. The number of halogens is 2. The van der Waals surface area contributed by atoms with Gasteiger partial charge in [-0.15, -0.1) is 0 Å². The van der Waals surface area contributed by atoms with Crippen LogP contribution in [0, 0.1) is 5.82 Å². The molecule has 8 nitrogen and oxygen atoms in total. The van der Waals surface area contributed by atoms with Gasteiger partial charge in [0.2, 0.25) is 5.91 Å². The quantitative estimate of drug-likeness (QED) is 0.247. The predicted molar refractivity (Wildman–Crippen MR) is 155 cm³/mol. The molecule has 10 heteroatoms. The van der Waals surface area contributed by atoms with Crippen LogP contribution < -0.4 is 15.0 Å². The maximum atomic E-state index is 14.1. The van der Waals surface area contributed by atoms with Crippen LogP contribution in [0.1, 0.15) is 6.42 Å². The number of carbonyl (C=O) groups excluding carboxylic acids is 1. The smallest absolute Gasteiger partial charge is 0.248 e. The molecule has 0 bridgehead atoms. The molecule has 5 rings (SSSR count). The summed E-state index contributed by atoms with van der Waals surface area (Å²) in [7, 11) is 3.85. The van der Waals surface area contributed by atoms with E-state index in [9.17, 15) is 9.18 Å². The third-order valence-corrected chi connectivity index (χ3v) is 6.57. The molecule has 4 aromatic rings.